The minimum atomic E-state index is -0.359. The minimum absolute atomic E-state index is 0.359. The number of carbonyl (C=O) groups is 1. The van der Waals surface area contributed by atoms with Gasteiger partial charge in [-0.3, -0.25) is 4.98 Å². The monoisotopic (exact) mass is 418 g/mol. The number of aromatic nitrogens is 3. The van der Waals surface area contributed by atoms with Crippen LogP contribution in [-0.4, -0.2) is 65.6 Å². The van der Waals surface area contributed by atoms with Crippen LogP contribution in [0.3, 0.4) is 0 Å². The number of hydrogen-bond acceptors (Lipinski definition) is 7. The van der Waals surface area contributed by atoms with Crippen LogP contribution in [0.4, 0.5) is 17.5 Å². The van der Waals surface area contributed by atoms with E-state index < -0.39 is 0 Å². The fraction of sp³-hybridized carbons (Fsp3) is 0.304. The van der Waals surface area contributed by atoms with E-state index in [1.165, 1.54) is 7.11 Å². The molecule has 4 heterocycles. The first-order chi connectivity index (χ1) is 15.2. The van der Waals surface area contributed by atoms with Crippen LogP contribution in [0.1, 0.15) is 15.9 Å². The molecule has 0 radical (unpaired) electrons. The summed E-state index contributed by atoms with van der Waals surface area (Å²) in [5.74, 6) is 1.24. The van der Waals surface area contributed by atoms with Crippen molar-refractivity contribution in [3.05, 3.63) is 59.9 Å². The lowest BCUT2D eigenvalue weighted by atomic mass is 10.0. The van der Waals surface area contributed by atoms with E-state index in [-0.39, 0.29) is 5.97 Å². The van der Waals surface area contributed by atoms with Gasteiger partial charge in [0.2, 0.25) is 5.95 Å². The molecule has 2 aliphatic rings. The third-order valence-electron chi connectivity index (χ3n) is 5.67. The number of fused-ring (bicyclic) bond motifs is 1. The predicted octanol–water partition coefficient (Wildman–Crippen LogP) is 2.37. The van der Waals surface area contributed by atoms with Gasteiger partial charge in [-0.25, -0.2) is 9.78 Å². The van der Waals surface area contributed by atoms with Gasteiger partial charge in [0.25, 0.3) is 0 Å². The summed E-state index contributed by atoms with van der Waals surface area (Å²) in [6, 6.07) is 11.4. The number of morpholine rings is 1. The van der Waals surface area contributed by atoms with Crippen LogP contribution in [0.15, 0.2) is 48.8 Å². The fourth-order valence-electron chi connectivity index (χ4n) is 4.11. The molecule has 5 rings (SSSR count). The smallest absolute Gasteiger partial charge is 0.337 e. The van der Waals surface area contributed by atoms with Gasteiger partial charge in [0.15, 0.2) is 13.2 Å². The highest BCUT2D eigenvalue weighted by Gasteiger charge is 2.29. The molecular weight excluding hydrogens is 394 g/mol. The van der Waals surface area contributed by atoms with Gasteiger partial charge in [0.05, 0.1) is 43.3 Å². The van der Waals surface area contributed by atoms with Gasteiger partial charge in [-0.2, -0.15) is 4.98 Å². The topological polar surface area (TPSA) is 84.2 Å². The van der Waals surface area contributed by atoms with E-state index in [0.29, 0.717) is 11.5 Å². The van der Waals surface area contributed by atoms with Crippen molar-refractivity contribution < 1.29 is 14.3 Å². The molecule has 2 aliphatic heterocycles. The third kappa shape index (κ3) is 3.70. The Morgan fingerprint density at radius 1 is 1.10 bits per heavy atom. The molecule has 8 nitrogen and oxygen atoms in total. The van der Waals surface area contributed by atoms with Crippen molar-refractivity contribution in [2.24, 2.45) is 0 Å². The lowest BCUT2D eigenvalue weighted by Crippen LogP contribution is -2.39. The van der Waals surface area contributed by atoms with Crippen LogP contribution in [0.2, 0.25) is 0 Å². The molecule has 1 saturated heterocycles. The van der Waals surface area contributed by atoms with Crippen LogP contribution in [0, 0.1) is 0 Å². The molecule has 0 aliphatic carbocycles. The summed E-state index contributed by atoms with van der Waals surface area (Å²) in [5.41, 5.74) is 4.34. The second-order valence-electron chi connectivity index (χ2n) is 7.52. The predicted molar refractivity (Wildman–Crippen MR) is 118 cm³/mol. The van der Waals surface area contributed by atoms with Gasteiger partial charge >= 0.3 is 5.97 Å². The molecular formula is C23H24N5O3+. The van der Waals surface area contributed by atoms with Crippen LogP contribution in [0.25, 0.3) is 11.3 Å². The molecule has 158 valence electrons. The van der Waals surface area contributed by atoms with Crippen molar-refractivity contribution in [1.82, 2.24) is 15.0 Å². The first-order valence-electron chi connectivity index (χ1n) is 10.4. The average Bonchev–Trinajstić information content (AvgIpc) is 3.28. The zero-order valence-corrected chi connectivity index (χ0v) is 17.4. The summed E-state index contributed by atoms with van der Waals surface area (Å²) in [4.78, 5) is 30.7. The second kappa shape index (κ2) is 8.31. The Labute approximate surface area is 180 Å². The second-order valence-corrected chi connectivity index (χ2v) is 7.52. The highest BCUT2D eigenvalue weighted by atomic mass is 16.5. The largest absolute Gasteiger partial charge is 0.465 e. The maximum atomic E-state index is 12.1. The van der Waals surface area contributed by atoms with Gasteiger partial charge in [-0.05, 0) is 30.7 Å². The highest BCUT2D eigenvalue weighted by Crippen LogP contribution is 2.39. The lowest BCUT2D eigenvalue weighted by Gasteiger charge is -2.26. The number of hydrogen-bond donors (Lipinski definition) is 0. The molecule has 1 aromatic carbocycles. The summed E-state index contributed by atoms with van der Waals surface area (Å²) >= 11 is 0. The first kappa shape index (κ1) is 19.4. The highest BCUT2D eigenvalue weighted by molar-refractivity contribution is 5.91. The van der Waals surface area contributed by atoms with Gasteiger partial charge in [-0.1, -0.05) is 12.1 Å². The number of benzene rings is 1. The average molecular weight is 418 g/mol. The van der Waals surface area contributed by atoms with E-state index >= 15 is 0 Å². The van der Waals surface area contributed by atoms with E-state index in [1.807, 2.05) is 36.5 Å². The minimum Gasteiger partial charge on any atom is -0.465 e. The number of ether oxygens (including phenoxy) is 2. The number of nitrogens with zero attached hydrogens (tertiary/aromatic N) is 5. The number of rotatable bonds is 4. The normalized spacial score (nSPS) is 15.6. The Kier molecular flexibility index (Phi) is 5.21. The summed E-state index contributed by atoms with van der Waals surface area (Å²) in [6.45, 7) is 3.96. The summed E-state index contributed by atoms with van der Waals surface area (Å²) < 4.78 is 9.35. The van der Waals surface area contributed by atoms with Crippen LogP contribution >= 0.6 is 0 Å². The van der Waals surface area contributed by atoms with Gasteiger partial charge in [-0.15, -0.1) is 0 Å². The number of methoxy groups -OCH3 is 1. The van der Waals surface area contributed by atoms with Crippen molar-refractivity contribution >= 4 is 23.4 Å². The van der Waals surface area contributed by atoms with Crippen molar-refractivity contribution in [3.8, 4) is 11.3 Å². The van der Waals surface area contributed by atoms with Gasteiger partial charge < -0.3 is 19.3 Å². The molecule has 0 atom stereocenters. The molecule has 0 saturated carbocycles. The number of anilines is 3. The summed E-state index contributed by atoms with van der Waals surface area (Å²) in [7, 11) is 1.39. The van der Waals surface area contributed by atoms with Gasteiger partial charge in [0, 0.05) is 23.9 Å². The van der Waals surface area contributed by atoms with Crippen molar-refractivity contribution in [1.29, 1.82) is 0 Å². The molecule has 1 N–H and O–H groups in total. The Balaban J connectivity index is 1.64. The Bertz CT molecular complexity index is 1100. The molecule has 8 heteroatoms. The molecule has 3 aromatic rings. The standard InChI is InChI=1S/C23H23N5O3/c1-30-22(29)17-5-2-4-16(14-17)20-19-7-9-28(18-6-3-8-24-15-18)21(19)26-23(25-20)27-10-12-31-13-11-27/h2-6,8,14-15H,7,9-13H2,1H3/p+1. The third-order valence-corrected chi connectivity index (χ3v) is 5.67. The number of esters is 1. The Morgan fingerprint density at radius 2 is 1.97 bits per heavy atom. The molecule has 0 spiro atoms. The molecule has 2 aromatic heterocycles. The van der Waals surface area contributed by atoms with E-state index in [4.69, 9.17) is 14.7 Å². The molecule has 31 heavy (non-hydrogen) atoms. The molecule has 0 unspecified atom stereocenters. The van der Waals surface area contributed by atoms with Crippen molar-refractivity contribution in [2.75, 3.05) is 49.8 Å². The number of carbonyl (C=O) groups excluding carboxylic acids is 1. The SMILES string of the molecule is COC(=O)c1cccc(-c2nc(N3CC[OH+]CC3)nc3c2CCN3c2cccnc2)c1. The Morgan fingerprint density at radius 3 is 2.74 bits per heavy atom. The molecule has 0 amide bonds. The van der Waals surface area contributed by atoms with E-state index in [1.54, 1.807) is 12.3 Å². The maximum Gasteiger partial charge on any atom is 0.337 e. The fourth-order valence-corrected chi connectivity index (χ4v) is 4.11. The zero-order chi connectivity index (χ0) is 21.2. The zero-order valence-electron chi connectivity index (χ0n) is 17.4. The van der Waals surface area contributed by atoms with E-state index in [9.17, 15) is 4.79 Å². The van der Waals surface area contributed by atoms with Gasteiger partial charge in [0.1, 0.15) is 5.82 Å². The van der Waals surface area contributed by atoms with Crippen LogP contribution < -0.4 is 9.80 Å². The van der Waals surface area contributed by atoms with Crippen LogP contribution in [-0.2, 0) is 11.2 Å². The number of pyridine rings is 1. The van der Waals surface area contributed by atoms with Crippen molar-refractivity contribution in [3.63, 3.8) is 0 Å². The quantitative estimate of drug-likeness (QED) is 0.475. The Hall–Kier alpha value is -3.52. The summed E-state index contributed by atoms with van der Waals surface area (Å²) in [6.07, 6.45) is 4.44. The van der Waals surface area contributed by atoms with Crippen molar-refractivity contribution in [2.45, 2.75) is 6.42 Å². The maximum absolute atomic E-state index is 12.1. The van der Waals surface area contributed by atoms with Crippen LogP contribution in [0.5, 0.6) is 0 Å². The number of aliphatic hydroxyl groups is 2. The van der Waals surface area contributed by atoms with E-state index in [2.05, 4.69) is 19.5 Å². The molecule has 1 fully saturated rings. The molecule has 0 bridgehead atoms. The van der Waals surface area contributed by atoms with E-state index in [0.717, 1.165) is 67.6 Å². The first-order valence-corrected chi connectivity index (χ1v) is 10.4. The lowest BCUT2D eigenvalue weighted by molar-refractivity contribution is -0.0441. The summed E-state index contributed by atoms with van der Waals surface area (Å²) in [5, 5.41) is 0.